The molecular weight excluding hydrogens is 196 g/mol. The number of nitrogens with one attached hydrogen (secondary N) is 2. The number of rotatable bonds is 6. The van der Waals surface area contributed by atoms with Crippen LogP contribution in [0.25, 0.3) is 0 Å². The third-order valence-electron chi connectivity index (χ3n) is 2.01. The second kappa shape index (κ2) is 8.23. The zero-order valence-corrected chi connectivity index (χ0v) is 9.63. The van der Waals surface area contributed by atoms with Gasteiger partial charge in [0.05, 0.1) is 0 Å². The van der Waals surface area contributed by atoms with Gasteiger partial charge in [-0.05, 0) is 19.8 Å². The lowest BCUT2D eigenvalue weighted by Gasteiger charge is -2.10. The fraction of sp³-hybridized carbons (Fsp3) is 0.800. The Hall–Kier alpha value is -1.10. The maximum atomic E-state index is 11.2. The Balaban J connectivity index is 3.65. The molecule has 0 aromatic rings. The van der Waals surface area contributed by atoms with Crippen LogP contribution in [-0.2, 0) is 14.3 Å². The molecule has 0 heterocycles. The van der Waals surface area contributed by atoms with Crippen molar-refractivity contribution in [2.45, 2.75) is 32.7 Å². The Labute approximate surface area is 90.6 Å². The van der Waals surface area contributed by atoms with E-state index in [-0.39, 0.29) is 6.04 Å². The molecule has 1 atom stereocenters. The van der Waals surface area contributed by atoms with Gasteiger partial charge in [-0.15, -0.1) is 0 Å². The van der Waals surface area contributed by atoms with Gasteiger partial charge < -0.3 is 15.4 Å². The van der Waals surface area contributed by atoms with Gasteiger partial charge in [-0.25, -0.2) is 0 Å². The second-order valence-corrected chi connectivity index (χ2v) is 3.39. The number of methoxy groups -OCH3 is 1. The first-order valence-electron chi connectivity index (χ1n) is 5.19. The highest BCUT2D eigenvalue weighted by Crippen LogP contribution is 1.87. The molecule has 0 unspecified atom stereocenters. The lowest BCUT2D eigenvalue weighted by atomic mass is 10.2. The van der Waals surface area contributed by atoms with Crippen LogP contribution in [0.2, 0.25) is 0 Å². The van der Waals surface area contributed by atoms with Crippen molar-refractivity contribution in [1.29, 1.82) is 0 Å². The van der Waals surface area contributed by atoms with Crippen LogP contribution in [0.5, 0.6) is 0 Å². The number of ether oxygens (including phenoxy) is 1. The van der Waals surface area contributed by atoms with Crippen LogP contribution in [0.15, 0.2) is 0 Å². The summed E-state index contributed by atoms with van der Waals surface area (Å²) in [4.78, 5) is 22.4. The van der Waals surface area contributed by atoms with Crippen molar-refractivity contribution in [3.8, 4) is 0 Å². The minimum absolute atomic E-state index is 0.0298. The zero-order valence-electron chi connectivity index (χ0n) is 9.63. The first kappa shape index (κ1) is 13.9. The van der Waals surface area contributed by atoms with Gasteiger partial charge in [0.25, 0.3) is 0 Å². The summed E-state index contributed by atoms with van der Waals surface area (Å²) in [6.45, 7) is 4.84. The van der Waals surface area contributed by atoms with Crippen LogP contribution in [0.3, 0.4) is 0 Å². The topological polar surface area (TPSA) is 67.4 Å². The maximum Gasteiger partial charge on any atom is 0.309 e. The van der Waals surface area contributed by atoms with E-state index in [1.54, 1.807) is 7.11 Å². The first-order chi connectivity index (χ1) is 7.11. The van der Waals surface area contributed by atoms with E-state index in [1.807, 2.05) is 13.8 Å². The van der Waals surface area contributed by atoms with Crippen molar-refractivity contribution in [1.82, 2.24) is 10.6 Å². The van der Waals surface area contributed by atoms with Crippen LogP contribution < -0.4 is 10.6 Å². The summed E-state index contributed by atoms with van der Waals surface area (Å²) in [5.41, 5.74) is 0. The third kappa shape index (κ3) is 6.90. The van der Waals surface area contributed by atoms with E-state index in [0.717, 1.165) is 6.42 Å². The molecule has 2 N–H and O–H groups in total. The third-order valence-corrected chi connectivity index (χ3v) is 2.01. The van der Waals surface area contributed by atoms with Gasteiger partial charge in [0.15, 0.2) is 0 Å². The molecule has 0 fully saturated rings. The Morgan fingerprint density at radius 2 is 2.00 bits per heavy atom. The van der Waals surface area contributed by atoms with Gasteiger partial charge in [-0.3, -0.25) is 9.59 Å². The lowest BCUT2D eigenvalue weighted by molar-refractivity contribution is -0.139. The molecule has 0 aliphatic rings. The summed E-state index contributed by atoms with van der Waals surface area (Å²) >= 11 is 0. The highest BCUT2D eigenvalue weighted by Gasteiger charge is 2.13. The van der Waals surface area contributed by atoms with E-state index in [9.17, 15) is 9.59 Å². The van der Waals surface area contributed by atoms with Crippen molar-refractivity contribution in [3.05, 3.63) is 0 Å². The molecule has 5 nitrogen and oxygen atoms in total. The smallest absolute Gasteiger partial charge is 0.309 e. The molecule has 0 rings (SSSR count). The normalized spacial score (nSPS) is 11.9. The molecular formula is C10H20N2O3. The van der Waals surface area contributed by atoms with Gasteiger partial charge in [-0.1, -0.05) is 6.92 Å². The first-order valence-corrected chi connectivity index (χ1v) is 5.19. The molecule has 0 aliphatic carbocycles. The van der Waals surface area contributed by atoms with Crippen LogP contribution in [-0.4, -0.2) is 38.1 Å². The Morgan fingerprint density at radius 3 is 2.53 bits per heavy atom. The summed E-state index contributed by atoms with van der Waals surface area (Å²) < 4.78 is 4.81. The minimum Gasteiger partial charge on any atom is -0.385 e. The van der Waals surface area contributed by atoms with Gasteiger partial charge in [0.1, 0.15) is 0 Å². The van der Waals surface area contributed by atoms with Crippen LogP contribution >= 0.6 is 0 Å². The second-order valence-electron chi connectivity index (χ2n) is 3.39. The Kier molecular flexibility index (Phi) is 7.62. The van der Waals surface area contributed by atoms with Gasteiger partial charge in [0, 0.05) is 26.3 Å². The van der Waals surface area contributed by atoms with Gasteiger partial charge in [0.2, 0.25) is 0 Å². The molecule has 0 aliphatic heterocycles. The number of carbonyl (C=O) groups excluding carboxylic acids is 2. The molecule has 0 aromatic carbocycles. The minimum atomic E-state index is -0.577. The summed E-state index contributed by atoms with van der Waals surface area (Å²) in [5, 5.41) is 5.10. The van der Waals surface area contributed by atoms with Crippen molar-refractivity contribution in [2.75, 3.05) is 20.3 Å². The molecule has 88 valence electrons. The van der Waals surface area contributed by atoms with E-state index < -0.39 is 11.8 Å². The zero-order chi connectivity index (χ0) is 11.7. The standard InChI is InChI=1S/C10H20N2O3/c1-4-8(2)12-10(14)9(13)11-6-5-7-15-3/h8H,4-7H2,1-3H3,(H,11,13)(H,12,14)/t8-/m0/s1. The van der Waals surface area contributed by atoms with Crippen LogP contribution in [0, 0.1) is 0 Å². The number of amides is 2. The quantitative estimate of drug-likeness (QED) is 0.487. The van der Waals surface area contributed by atoms with Crippen LogP contribution in [0.4, 0.5) is 0 Å². The molecule has 5 heteroatoms. The summed E-state index contributed by atoms with van der Waals surface area (Å²) in [5.74, 6) is -1.15. The van der Waals surface area contributed by atoms with Crippen molar-refractivity contribution in [2.24, 2.45) is 0 Å². The number of hydrogen-bond donors (Lipinski definition) is 2. The summed E-state index contributed by atoms with van der Waals surface area (Å²) in [6.07, 6.45) is 1.52. The predicted octanol–water partition coefficient (Wildman–Crippen LogP) is 0.0538. The molecule has 0 radical (unpaired) electrons. The summed E-state index contributed by atoms with van der Waals surface area (Å²) in [6, 6.07) is 0.0298. The largest absolute Gasteiger partial charge is 0.385 e. The van der Waals surface area contributed by atoms with Crippen molar-refractivity contribution < 1.29 is 14.3 Å². The van der Waals surface area contributed by atoms with E-state index in [4.69, 9.17) is 4.74 Å². The van der Waals surface area contributed by atoms with Gasteiger partial charge >= 0.3 is 11.8 Å². The molecule has 2 amide bonds. The molecule has 0 saturated heterocycles. The van der Waals surface area contributed by atoms with Gasteiger partial charge in [-0.2, -0.15) is 0 Å². The average Bonchev–Trinajstić information content (AvgIpc) is 2.23. The molecule has 0 saturated carbocycles. The maximum absolute atomic E-state index is 11.2. The SMILES string of the molecule is CC[C@H](C)NC(=O)C(=O)NCCCOC. The Morgan fingerprint density at radius 1 is 1.33 bits per heavy atom. The number of carbonyl (C=O) groups is 2. The highest BCUT2D eigenvalue weighted by molar-refractivity contribution is 6.35. The van der Waals surface area contributed by atoms with Crippen molar-refractivity contribution in [3.63, 3.8) is 0 Å². The average molecular weight is 216 g/mol. The van der Waals surface area contributed by atoms with E-state index in [0.29, 0.717) is 19.6 Å². The van der Waals surface area contributed by atoms with E-state index in [1.165, 1.54) is 0 Å². The lowest BCUT2D eigenvalue weighted by Crippen LogP contribution is -2.43. The fourth-order valence-corrected chi connectivity index (χ4v) is 0.890. The molecule has 0 aromatic heterocycles. The van der Waals surface area contributed by atoms with E-state index >= 15 is 0 Å². The van der Waals surface area contributed by atoms with E-state index in [2.05, 4.69) is 10.6 Å². The highest BCUT2D eigenvalue weighted by atomic mass is 16.5. The van der Waals surface area contributed by atoms with Crippen LogP contribution in [0.1, 0.15) is 26.7 Å². The van der Waals surface area contributed by atoms with Crippen molar-refractivity contribution >= 4 is 11.8 Å². The molecule has 15 heavy (non-hydrogen) atoms. The Bertz CT molecular complexity index is 207. The molecule has 0 bridgehead atoms. The summed E-state index contributed by atoms with van der Waals surface area (Å²) in [7, 11) is 1.59. The monoisotopic (exact) mass is 216 g/mol. The predicted molar refractivity (Wildman–Crippen MR) is 57.4 cm³/mol. The molecule has 0 spiro atoms. The fourth-order valence-electron chi connectivity index (χ4n) is 0.890. The number of hydrogen-bond acceptors (Lipinski definition) is 3.